The van der Waals surface area contributed by atoms with Crippen LogP contribution < -0.4 is 5.32 Å². The summed E-state index contributed by atoms with van der Waals surface area (Å²) < 4.78 is 46.0. The summed E-state index contributed by atoms with van der Waals surface area (Å²) in [4.78, 5) is 102. The van der Waals surface area contributed by atoms with Crippen LogP contribution in [0.3, 0.4) is 0 Å². The minimum Gasteiger partial charge on any atom is -0.379 e. The van der Waals surface area contributed by atoms with Gasteiger partial charge in [-0.15, -0.1) is 5.06 Å². The summed E-state index contributed by atoms with van der Waals surface area (Å²) in [6.07, 6.45) is 7.08. The van der Waals surface area contributed by atoms with E-state index in [-0.39, 0.29) is 84.3 Å². The number of amides is 5. The molecule has 2 fully saturated rings. The van der Waals surface area contributed by atoms with Gasteiger partial charge in [0.25, 0.3) is 21.9 Å². The highest BCUT2D eigenvalue weighted by atomic mass is 32.2. The number of likely N-dealkylation sites (tertiary alicyclic amines) is 1. The van der Waals surface area contributed by atoms with Crippen molar-refractivity contribution in [1.82, 2.24) is 20.2 Å². The Kier molecular flexibility index (Phi) is 24.8. The maximum absolute atomic E-state index is 14.6. The molecule has 18 nitrogen and oxygen atoms in total. The van der Waals surface area contributed by atoms with E-state index in [0.717, 1.165) is 17.5 Å². The fourth-order valence-electron chi connectivity index (χ4n) is 10.5. The van der Waals surface area contributed by atoms with E-state index >= 15 is 0 Å². The Morgan fingerprint density at radius 1 is 0.908 bits per heavy atom. The van der Waals surface area contributed by atoms with Gasteiger partial charge in [-0.1, -0.05) is 103 Å². The average molecular weight is 1080 g/mol. The zero-order valence-corrected chi connectivity index (χ0v) is 47.2. The number of imide groups is 1. The SMILES string of the molecule is C=[N+](C(=O)C(NC(=O)C(C(C)C)N(C)CCCC(=O)ON1C(=O)CCC1=O)C(C)C)C(C(C)CC)C(CC(=O)N1CCCC1C(OC)C(C)C(=O)CCCC(C=Cc1ccc(S(=O)(=O)O)cc1)Cc1ccccc1)OC. The number of hydrogen-bond donors (Lipinski definition) is 2. The Bertz CT molecular complexity index is 2430. The molecule has 2 heterocycles. The minimum atomic E-state index is -4.31. The number of hydroxylamine groups is 2. The van der Waals surface area contributed by atoms with Gasteiger partial charge in [-0.05, 0) is 99.6 Å². The molecule has 0 aliphatic carbocycles. The quantitative estimate of drug-likeness (QED) is 0.0346. The number of likely N-dealkylation sites (N-methyl/N-ethyl adjacent to an activating group) is 1. The molecule has 2 aromatic carbocycles. The van der Waals surface area contributed by atoms with E-state index in [9.17, 15) is 46.5 Å². The van der Waals surface area contributed by atoms with Crippen LogP contribution in [-0.2, 0) is 64.4 Å². The molecule has 0 saturated carbocycles. The first kappa shape index (κ1) is 63.1. The van der Waals surface area contributed by atoms with Crippen molar-refractivity contribution in [2.75, 3.05) is 34.4 Å². The first-order valence-corrected chi connectivity index (χ1v) is 28.3. The van der Waals surface area contributed by atoms with E-state index in [4.69, 9.17) is 14.3 Å². The lowest BCUT2D eigenvalue weighted by Gasteiger charge is -2.35. The maximum atomic E-state index is 14.6. The topological polar surface area (TPSA) is 226 Å². The molecule has 2 aliphatic heterocycles. The highest BCUT2D eigenvalue weighted by Gasteiger charge is 2.46. The molecular formula is C57H84N5O13S+. The summed E-state index contributed by atoms with van der Waals surface area (Å²) in [5.74, 6) is -4.04. The third-order valence-electron chi connectivity index (χ3n) is 15.0. The lowest BCUT2D eigenvalue weighted by atomic mass is 9.87. The predicted octanol–water partition coefficient (Wildman–Crippen LogP) is 6.73. The van der Waals surface area contributed by atoms with Crippen LogP contribution in [0.4, 0.5) is 0 Å². The van der Waals surface area contributed by atoms with Crippen LogP contribution in [0.25, 0.3) is 6.08 Å². The fourth-order valence-corrected chi connectivity index (χ4v) is 11.0. The number of Topliss-reactive ketones (excluding diaryl/α,β-unsaturated/α-hetero) is 1. The van der Waals surface area contributed by atoms with E-state index in [2.05, 4.69) is 30.2 Å². The van der Waals surface area contributed by atoms with Crippen LogP contribution in [0.15, 0.2) is 65.6 Å². The summed E-state index contributed by atoms with van der Waals surface area (Å²) in [7, 11) is 0.509. The van der Waals surface area contributed by atoms with Gasteiger partial charge in [0.2, 0.25) is 11.8 Å². The van der Waals surface area contributed by atoms with Crippen molar-refractivity contribution < 1.29 is 65.4 Å². The lowest BCUT2D eigenvalue weighted by Crippen LogP contribution is -2.58. The molecule has 0 radical (unpaired) electrons. The zero-order valence-electron chi connectivity index (χ0n) is 46.4. The van der Waals surface area contributed by atoms with Gasteiger partial charge in [0, 0.05) is 58.3 Å². The van der Waals surface area contributed by atoms with Gasteiger partial charge < -0.3 is 24.5 Å². The highest BCUT2D eigenvalue weighted by Crippen LogP contribution is 2.31. The Hall–Kier alpha value is -5.47. The summed E-state index contributed by atoms with van der Waals surface area (Å²) in [6.45, 7) is 18.2. The normalized spacial score (nSPS) is 18.4. The van der Waals surface area contributed by atoms with Crippen LogP contribution >= 0.6 is 0 Å². The molecule has 0 spiro atoms. The molecule has 9 atom stereocenters. The van der Waals surface area contributed by atoms with Crippen LogP contribution in [0.2, 0.25) is 0 Å². The molecule has 76 heavy (non-hydrogen) atoms. The van der Waals surface area contributed by atoms with Gasteiger partial charge in [0.15, 0.2) is 12.1 Å². The standard InChI is InChI=1S/C57H83N5O13S/c1-12-39(6)54(60(9)57(69)52(37(2)3)58-56(68)53(38(4)5)59(8)33-18-24-51(67)75-62-48(64)31-32-49(62)65)47(73-10)36-50(66)61-34-17-22-45(61)55(74-11)40(7)46(63)23-16-21-43(35-42-19-14-13-15-20-42)26-25-41-27-29-44(30-28-41)76(70,71)72/h13-15,19-20,25-30,37-40,43,45,47,52-55H,9,12,16-18,21-24,31-36H2,1-8,10-11H3,(H-,58,68,70,71,72)/p+1. The second kappa shape index (κ2) is 29.9. The molecule has 420 valence electrons. The molecule has 2 aliphatic rings. The summed E-state index contributed by atoms with van der Waals surface area (Å²) in [5.41, 5.74) is 1.91. The maximum Gasteiger partial charge on any atom is 0.409 e. The van der Waals surface area contributed by atoms with Crippen molar-refractivity contribution in [2.24, 2.45) is 29.6 Å². The van der Waals surface area contributed by atoms with Gasteiger partial charge in [0.1, 0.15) is 18.6 Å². The number of benzene rings is 2. The molecule has 2 N–H and O–H groups in total. The summed E-state index contributed by atoms with van der Waals surface area (Å²) >= 11 is 0. The van der Waals surface area contributed by atoms with Crippen LogP contribution in [0, 0.1) is 29.6 Å². The van der Waals surface area contributed by atoms with Crippen LogP contribution in [0.1, 0.15) is 130 Å². The highest BCUT2D eigenvalue weighted by molar-refractivity contribution is 7.85. The second-order valence-electron chi connectivity index (χ2n) is 21.2. The fraction of sp³-hybridized carbons (Fsp3) is 0.614. The van der Waals surface area contributed by atoms with Crippen molar-refractivity contribution in [2.45, 2.75) is 167 Å². The molecule has 9 unspecified atom stereocenters. The average Bonchev–Trinajstić information content (AvgIpc) is 3.99. The lowest BCUT2D eigenvalue weighted by molar-refractivity contribution is -0.505. The first-order chi connectivity index (χ1) is 35.9. The number of ether oxygens (including phenoxy) is 2. The van der Waals surface area contributed by atoms with Crippen molar-refractivity contribution in [3.8, 4) is 0 Å². The van der Waals surface area contributed by atoms with E-state index in [0.29, 0.717) is 56.7 Å². The molecule has 5 amide bonds. The van der Waals surface area contributed by atoms with Crippen molar-refractivity contribution in [1.29, 1.82) is 0 Å². The summed E-state index contributed by atoms with van der Waals surface area (Å²) in [5, 5.41) is 3.50. The van der Waals surface area contributed by atoms with E-state index in [1.807, 2.05) is 72.7 Å². The number of nitrogens with zero attached hydrogens (tertiary/aromatic N) is 4. The van der Waals surface area contributed by atoms with Crippen LogP contribution in [-0.4, -0.2) is 151 Å². The smallest absolute Gasteiger partial charge is 0.379 e. The number of carbonyl (C=O) groups excluding carboxylic acids is 7. The Morgan fingerprint density at radius 2 is 1.55 bits per heavy atom. The molecule has 2 saturated heterocycles. The predicted molar refractivity (Wildman–Crippen MR) is 288 cm³/mol. The summed E-state index contributed by atoms with van der Waals surface area (Å²) in [6, 6.07) is 13.3. The number of ketones is 1. The number of allylic oxidation sites excluding steroid dienone is 1. The van der Waals surface area contributed by atoms with Crippen molar-refractivity contribution in [3.63, 3.8) is 0 Å². The monoisotopic (exact) mass is 1080 g/mol. The number of carbonyl (C=O) groups is 7. The van der Waals surface area contributed by atoms with Crippen molar-refractivity contribution >= 4 is 64.2 Å². The Labute approximate surface area is 450 Å². The third kappa shape index (κ3) is 17.8. The Balaban J connectivity index is 1.40. The number of methoxy groups -OCH3 is 2. The van der Waals surface area contributed by atoms with Gasteiger partial charge in [-0.2, -0.15) is 13.0 Å². The van der Waals surface area contributed by atoms with Gasteiger partial charge in [-0.3, -0.25) is 33.4 Å². The molecule has 19 heteroatoms. The molecule has 0 aromatic heterocycles. The molecule has 4 rings (SSSR count). The third-order valence-corrected chi connectivity index (χ3v) is 15.8. The molecular weight excluding hydrogens is 995 g/mol. The van der Waals surface area contributed by atoms with E-state index in [1.165, 1.54) is 23.8 Å². The molecule has 2 aromatic rings. The number of rotatable bonds is 31. The second-order valence-corrected chi connectivity index (χ2v) is 22.6. The molecule has 0 bridgehead atoms. The minimum absolute atomic E-state index is 0.00763. The van der Waals surface area contributed by atoms with Crippen molar-refractivity contribution in [3.05, 3.63) is 71.8 Å². The Morgan fingerprint density at radius 3 is 2.12 bits per heavy atom. The number of hydrogen-bond acceptors (Lipinski definition) is 13. The van der Waals surface area contributed by atoms with E-state index < -0.39 is 70.1 Å². The zero-order chi connectivity index (χ0) is 56.4. The largest absolute Gasteiger partial charge is 0.409 e. The van der Waals surface area contributed by atoms with Crippen LogP contribution in [0.5, 0.6) is 0 Å². The van der Waals surface area contributed by atoms with Gasteiger partial charge >= 0.3 is 11.9 Å². The number of nitrogens with one attached hydrogen (secondary N) is 1. The van der Waals surface area contributed by atoms with Gasteiger partial charge in [-0.25, -0.2) is 9.59 Å². The van der Waals surface area contributed by atoms with Gasteiger partial charge in [0.05, 0.1) is 29.5 Å². The first-order valence-electron chi connectivity index (χ1n) is 26.8. The van der Waals surface area contributed by atoms with E-state index in [1.54, 1.807) is 36.1 Å².